The molecule has 0 heterocycles. The van der Waals surface area contributed by atoms with Crippen LogP contribution in [0.1, 0.15) is 16.8 Å². The number of amides is 1. The first-order valence-electron chi connectivity index (χ1n) is 7.56. The number of hydrogen-bond donors (Lipinski definition) is 2. The Morgan fingerprint density at radius 2 is 1.81 bits per heavy atom. The van der Waals surface area contributed by atoms with Gasteiger partial charge in [0.05, 0.1) is 23.3 Å². The summed E-state index contributed by atoms with van der Waals surface area (Å²) in [6.45, 7) is -0.100. The van der Waals surface area contributed by atoms with E-state index in [0.29, 0.717) is 5.02 Å². The number of benzene rings is 2. The summed E-state index contributed by atoms with van der Waals surface area (Å²) in [5.41, 5.74) is 0.343. The average Bonchev–Trinajstić information content (AvgIpc) is 2.62. The van der Waals surface area contributed by atoms with E-state index in [-0.39, 0.29) is 29.1 Å². The second kappa shape index (κ2) is 8.79. The molecule has 138 valence electrons. The fraction of sp³-hybridized carbons (Fsp3) is 0.176. The first-order valence-corrected chi connectivity index (χ1v) is 9.42. The van der Waals surface area contributed by atoms with Crippen LogP contribution in [0.15, 0.2) is 53.4 Å². The summed E-state index contributed by atoms with van der Waals surface area (Å²) in [6.07, 6.45) is -0.126. The molecule has 7 nitrogen and oxygen atoms in total. The molecule has 0 fully saturated rings. The Bertz CT molecular complexity index is 901. The Balaban J connectivity index is 1.98. The Morgan fingerprint density at radius 1 is 1.12 bits per heavy atom. The van der Waals surface area contributed by atoms with Gasteiger partial charge in [-0.3, -0.25) is 4.79 Å². The maximum Gasteiger partial charge on any atom is 0.339 e. The molecule has 9 heteroatoms. The van der Waals surface area contributed by atoms with E-state index < -0.39 is 21.9 Å². The first kappa shape index (κ1) is 19.9. The Hall–Kier alpha value is -2.42. The van der Waals surface area contributed by atoms with E-state index in [4.69, 9.17) is 11.6 Å². The third-order valence-corrected chi connectivity index (χ3v) is 5.07. The molecule has 0 aliphatic rings. The van der Waals surface area contributed by atoms with Crippen LogP contribution in [0, 0.1) is 0 Å². The SMILES string of the molecule is COC(=O)c1ccc(Cl)cc1NC(=O)CCNS(=O)(=O)c1ccccc1. The van der Waals surface area contributed by atoms with Gasteiger partial charge in [0, 0.05) is 18.0 Å². The molecule has 0 aromatic heterocycles. The highest BCUT2D eigenvalue weighted by Gasteiger charge is 2.16. The van der Waals surface area contributed by atoms with Crippen molar-refractivity contribution in [3.8, 4) is 0 Å². The summed E-state index contributed by atoms with van der Waals surface area (Å²) >= 11 is 5.89. The zero-order valence-corrected chi connectivity index (χ0v) is 15.4. The Kier molecular flexibility index (Phi) is 6.73. The molecule has 1 amide bonds. The van der Waals surface area contributed by atoms with Gasteiger partial charge in [-0.25, -0.2) is 17.9 Å². The predicted octanol–water partition coefficient (Wildman–Crippen LogP) is 2.43. The van der Waals surface area contributed by atoms with Crippen LogP contribution >= 0.6 is 11.6 Å². The Morgan fingerprint density at radius 3 is 2.46 bits per heavy atom. The molecule has 0 aliphatic carbocycles. The molecule has 0 saturated carbocycles. The van der Waals surface area contributed by atoms with Gasteiger partial charge in [0.15, 0.2) is 0 Å². The molecular formula is C17H17ClN2O5S. The summed E-state index contributed by atoms with van der Waals surface area (Å²) in [5.74, 6) is -1.10. The molecule has 0 spiro atoms. The van der Waals surface area contributed by atoms with Crippen molar-refractivity contribution in [3.05, 3.63) is 59.1 Å². The highest BCUT2D eigenvalue weighted by Crippen LogP contribution is 2.22. The Labute approximate surface area is 156 Å². The molecule has 0 aliphatic heterocycles. The van der Waals surface area contributed by atoms with Gasteiger partial charge in [0.1, 0.15) is 0 Å². The zero-order valence-electron chi connectivity index (χ0n) is 13.9. The number of carbonyl (C=O) groups excluding carboxylic acids is 2. The van der Waals surface area contributed by atoms with Crippen LogP contribution in [-0.2, 0) is 19.6 Å². The van der Waals surface area contributed by atoms with Crippen LogP contribution in [0.5, 0.6) is 0 Å². The van der Waals surface area contributed by atoms with Crippen molar-refractivity contribution >= 4 is 39.2 Å². The lowest BCUT2D eigenvalue weighted by Gasteiger charge is -2.11. The highest BCUT2D eigenvalue weighted by molar-refractivity contribution is 7.89. The maximum absolute atomic E-state index is 12.1. The quantitative estimate of drug-likeness (QED) is 0.700. The number of esters is 1. The average molecular weight is 397 g/mol. The topological polar surface area (TPSA) is 102 Å². The summed E-state index contributed by atoms with van der Waals surface area (Å²) in [7, 11) is -2.46. The molecule has 0 unspecified atom stereocenters. The second-order valence-electron chi connectivity index (χ2n) is 5.19. The van der Waals surface area contributed by atoms with Crippen LogP contribution in [-0.4, -0.2) is 33.9 Å². The number of nitrogens with one attached hydrogen (secondary N) is 2. The normalized spacial score (nSPS) is 11.0. The second-order valence-corrected chi connectivity index (χ2v) is 7.39. The van der Waals surface area contributed by atoms with E-state index in [0.717, 1.165) is 0 Å². The number of hydrogen-bond acceptors (Lipinski definition) is 5. The van der Waals surface area contributed by atoms with Crippen molar-refractivity contribution in [2.75, 3.05) is 19.0 Å². The lowest BCUT2D eigenvalue weighted by molar-refractivity contribution is -0.116. The molecule has 2 aromatic carbocycles. The molecule has 26 heavy (non-hydrogen) atoms. The number of anilines is 1. The summed E-state index contributed by atoms with van der Waals surface area (Å²) in [5, 5.41) is 2.86. The van der Waals surface area contributed by atoms with Gasteiger partial charge in [-0.15, -0.1) is 0 Å². The lowest BCUT2D eigenvalue weighted by Crippen LogP contribution is -2.28. The van der Waals surface area contributed by atoms with Gasteiger partial charge < -0.3 is 10.1 Å². The van der Waals surface area contributed by atoms with Crippen LogP contribution in [0.4, 0.5) is 5.69 Å². The van der Waals surface area contributed by atoms with Crippen molar-refractivity contribution in [2.45, 2.75) is 11.3 Å². The highest BCUT2D eigenvalue weighted by atomic mass is 35.5. The molecule has 0 bridgehead atoms. The number of carbonyl (C=O) groups is 2. The number of sulfonamides is 1. The number of ether oxygens (including phenoxy) is 1. The summed E-state index contributed by atoms with van der Waals surface area (Å²) < 4.78 is 31.1. The lowest BCUT2D eigenvalue weighted by atomic mass is 10.1. The van der Waals surface area contributed by atoms with Crippen LogP contribution in [0.25, 0.3) is 0 Å². The third kappa shape index (κ3) is 5.29. The smallest absolute Gasteiger partial charge is 0.339 e. The standard InChI is InChI=1S/C17H17ClN2O5S/c1-25-17(22)14-8-7-12(18)11-15(14)20-16(21)9-10-19-26(23,24)13-5-3-2-4-6-13/h2-8,11,19H,9-10H2,1H3,(H,20,21). The van der Waals surface area contributed by atoms with E-state index in [1.165, 1.54) is 37.4 Å². The molecule has 0 saturated heterocycles. The van der Waals surface area contributed by atoms with Crippen molar-refractivity contribution in [3.63, 3.8) is 0 Å². The molecule has 2 rings (SSSR count). The largest absolute Gasteiger partial charge is 0.465 e. The summed E-state index contributed by atoms with van der Waals surface area (Å²) in [4.78, 5) is 23.9. The molecular weight excluding hydrogens is 380 g/mol. The van der Waals surface area contributed by atoms with Crippen molar-refractivity contribution in [2.24, 2.45) is 0 Å². The monoisotopic (exact) mass is 396 g/mol. The third-order valence-electron chi connectivity index (χ3n) is 3.36. The van der Waals surface area contributed by atoms with E-state index >= 15 is 0 Å². The fourth-order valence-corrected chi connectivity index (χ4v) is 3.33. The van der Waals surface area contributed by atoms with Crippen LogP contribution in [0.2, 0.25) is 5.02 Å². The van der Waals surface area contributed by atoms with Crippen LogP contribution in [0.3, 0.4) is 0 Å². The van der Waals surface area contributed by atoms with Gasteiger partial charge >= 0.3 is 5.97 Å². The minimum atomic E-state index is -3.69. The molecule has 2 N–H and O–H groups in total. The minimum Gasteiger partial charge on any atom is -0.465 e. The molecule has 0 atom stereocenters. The zero-order chi connectivity index (χ0) is 19.2. The minimum absolute atomic E-state index is 0.100. The van der Waals surface area contributed by atoms with E-state index in [2.05, 4.69) is 14.8 Å². The van der Waals surface area contributed by atoms with Gasteiger partial charge in [0.25, 0.3) is 0 Å². The van der Waals surface area contributed by atoms with Crippen LogP contribution < -0.4 is 10.0 Å². The van der Waals surface area contributed by atoms with Crippen molar-refractivity contribution in [1.82, 2.24) is 4.72 Å². The van der Waals surface area contributed by atoms with Gasteiger partial charge in [-0.1, -0.05) is 29.8 Å². The number of halogens is 1. The van der Waals surface area contributed by atoms with Gasteiger partial charge in [0.2, 0.25) is 15.9 Å². The molecule has 0 radical (unpaired) electrons. The van der Waals surface area contributed by atoms with Gasteiger partial charge in [-0.2, -0.15) is 0 Å². The van der Waals surface area contributed by atoms with Gasteiger partial charge in [-0.05, 0) is 30.3 Å². The van der Waals surface area contributed by atoms with Crippen molar-refractivity contribution < 1.29 is 22.7 Å². The van der Waals surface area contributed by atoms with E-state index in [1.807, 2.05) is 0 Å². The van der Waals surface area contributed by atoms with E-state index in [1.54, 1.807) is 18.2 Å². The molecule has 2 aromatic rings. The number of rotatable bonds is 7. The summed E-state index contributed by atoms with van der Waals surface area (Å²) in [6, 6.07) is 12.2. The fourth-order valence-electron chi connectivity index (χ4n) is 2.10. The number of methoxy groups -OCH3 is 1. The first-order chi connectivity index (χ1) is 12.3. The van der Waals surface area contributed by atoms with Crippen molar-refractivity contribution in [1.29, 1.82) is 0 Å². The maximum atomic E-state index is 12.1. The van der Waals surface area contributed by atoms with E-state index in [9.17, 15) is 18.0 Å². The predicted molar refractivity (Wildman–Crippen MR) is 97.7 cm³/mol.